The minimum atomic E-state index is -1.79. The van der Waals surface area contributed by atoms with Crippen LogP contribution in [-0.2, 0) is 4.79 Å². The fourth-order valence-corrected chi connectivity index (χ4v) is 1.69. The third kappa shape index (κ3) is 2.44. The maximum absolute atomic E-state index is 13.3. The minimum absolute atomic E-state index is 0.228. The summed E-state index contributed by atoms with van der Waals surface area (Å²) < 4.78 is 13.3. The number of halogens is 1. The van der Waals surface area contributed by atoms with Gasteiger partial charge in [0, 0.05) is 19.5 Å². The molecular weight excluding hydrogens is 183 g/mol. The molecule has 14 heavy (non-hydrogen) atoms. The normalized spacial score (nSPS) is 22.1. The van der Waals surface area contributed by atoms with Gasteiger partial charge in [-0.15, -0.1) is 0 Å². The first-order valence-electron chi connectivity index (χ1n) is 4.80. The Morgan fingerprint density at radius 1 is 1.71 bits per heavy atom. The summed E-state index contributed by atoms with van der Waals surface area (Å²) >= 11 is 0. The van der Waals surface area contributed by atoms with Crippen molar-refractivity contribution in [1.82, 2.24) is 4.90 Å². The number of hydrogen-bond acceptors (Lipinski definition) is 2. The third-order valence-corrected chi connectivity index (χ3v) is 2.46. The number of likely N-dealkylation sites (tertiary alicyclic amines) is 1. The number of amides is 1. The van der Waals surface area contributed by atoms with Gasteiger partial charge in [0.25, 0.3) is 5.91 Å². The molecule has 1 amide bonds. The van der Waals surface area contributed by atoms with Crippen LogP contribution in [0.3, 0.4) is 0 Å². The van der Waals surface area contributed by atoms with Gasteiger partial charge in [0.05, 0.1) is 6.07 Å². The molecule has 0 aromatic heterocycles. The van der Waals surface area contributed by atoms with Crippen LogP contribution in [0, 0.1) is 17.2 Å². The van der Waals surface area contributed by atoms with Crippen molar-refractivity contribution in [3.63, 3.8) is 0 Å². The van der Waals surface area contributed by atoms with Crippen molar-refractivity contribution < 1.29 is 9.18 Å². The minimum Gasteiger partial charge on any atom is -0.340 e. The molecule has 0 aliphatic carbocycles. The highest BCUT2D eigenvalue weighted by Crippen LogP contribution is 2.23. The first-order chi connectivity index (χ1) is 6.45. The van der Waals surface area contributed by atoms with Crippen molar-refractivity contribution in [3.8, 4) is 6.07 Å². The zero-order chi connectivity index (χ0) is 10.8. The quantitative estimate of drug-likeness (QED) is 0.674. The van der Waals surface area contributed by atoms with Crippen molar-refractivity contribution in [2.45, 2.75) is 32.4 Å². The molecule has 1 rings (SSSR count). The number of carbonyl (C=O) groups excluding carboxylic acids is 1. The maximum Gasteiger partial charge on any atom is 0.259 e. The van der Waals surface area contributed by atoms with Crippen molar-refractivity contribution in [3.05, 3.63) is 0 Å². The van der Waals surface area contributed by atoms with E-state index in [9.17, 15) is 9.18 Å². The van der Waals surface area contributed by atoms with Gasteiger partial charge in [0.1, 0.15) is 0 Å². The van der Waals surface area contributed by atoms with E-state index in [0.717, 1.165) is 6.42 Å². The number of nitriles is 1. The summed E-state index contributed by atoms with van der Waals surface area (Å²) in [6.07, 6.45) is 1.27. The maximum atomic E-state index is 13.3. The average Bonchev–Trinajstić information content (AvgIpc) is 2.50. The number of carbonyl (C=O) groups is 1. The van der Waals surface area contributed by atoms with Crippen LogP contribution in [0.4, 0.5) is 4.39 Å². The zero-order valence-electron chi connectivity index (χ0n) is 8.59. The van der Waals surface area contributed by atoms with E-state index in [1.54, 1.807) is 0 Å². The lowest BCUT2D eigenvalue weighted by atomic mass is 10.1. The summed E-state index contributed by atoms with van der Waals surface area (Å²) in [6.45, 7) is 3.65. The van der Waals surface area contributed by atoms with Crippen LogP contribution in [0.2, 0.25) is 0 Å². The molecule has 1 aliphatic heterocycles. The van der Waals surface area contributed by atoms with E-state index in [1.165, 1.54) is 18.7 Å². The molecule has 78 valence electrons. The van der Waals surface area contributed by atoms with E-state index in [-0.39, 0.29) is 5.92 Å². The molecule has 0 aromatic carbocycles. The van der Waals surface area contributed by atoms with E-state index >= 15 is 0 Å². The van der Waals surface area contributed by atoms with Gasteiger partial charge in [-0.3, -0.25) is 4.79 Å². The van der Waals surface area contributed by atoms with Crippen molar-refractivity contribution in [1.29, 1.82) is 5.26 Å². The lowest BCUT2D eigenvalue weighted by Gasteiger charge is -2.22. The van der Waals surface area contributed by atoms with E-state index < -0.39 is 11.6 Å². The second kappa shape index (κ2) is 3.95. The molecule has 1 unspecified atom stereocenters. The van der Waals surface area contributed by atoms with Crippen molar-refractivity contribution in [2.75, 3.05) is 13.1 Å². The number of alkyl halides is 1. The second-order valence-corrected chi connectivity index (χ2v) is 4.24. The highest BCUT2D eigenvalue weighted by molar-refractivity contribution is 5.84. The van der Waals surface area contributed by atoms with Gasteiger partial charge in [-0.2, -0.15) is 5.26 Å². The zero-order valence-corrected chi connectivity index (χ0v) is 8.59. The van der Waals surface area contributed by atoms with Crippen LogP contribution in [0.5, 0.6) is 0 Å². The van der Waals surface area contributed by atoms with Crippen LogP contribution in [0.15, 0.2) is 0 Å². The Balaban J connectivity index is 2.51. The van der Waals surface area contributed by atoms with Gasteiger partial charge in [0.2, 0.25) is 0 Å². The van der Waals surface area contributed by atoms with Gasteiger partial charge >= 0.3 is 0 Å². The second-order valence-electron chi connectivity index (χ2n) is 4.24. The van der Waals surface area contributed by atoms with Gasteiger partial charge < -0.3 is 4.90 Å². The van der Waals surface area contributed by atoms with Crippen LogP contribution in [0.25, 0.3) is 0 Å². The van der Waals surface area contributed by atoms with Gasteiger partial charge in [-0.05, 0) is 26.2 Å². The van der Waals surface area contributed by atoms with E-state index in [4.69, 9.17) is 5.26 Å². The van der Waals surface area contributed by atoms with Crippen molar-refractivity contribution in [2.24, 2.45) is 5.92 Å². The number of hydrogen-bond donors (Lipinski definition) is 0. The van der Waals surface area contributed by atoms with Crippen LogP contribution in [0.1, 0.15) is 26.7 Å². The lowest BCUT2D eigenvalue weighted by molar-refractivity contribution is -0.140. The molecule has 0 aromatic rings. The van der Waals surface area contributed by atoms with Crippen LogP contribution < -0.4 is 0 Å². The molecule has 1 saturated heterocycles. The standard InChI is InChI=1S/C10H15FN2O/c1-10(2,11)9(14)13-6-4-8(7-13)3-5-12/h8H,3-4,6-7H2,1-2H3. The van der Waals surface area contributed by atoms with E-state index in [1.807, 2.05) is 0 Å². The lowest BCUT2D eigenvalue weighted by Crippen LogP contribution is -2.41. The number of rotatable bonds is 2. The summed E-state index contributed by atoms with van der Waals surface area (Å²) in [5.74, 6) is -0.232. The fraction of sp³-hybridized carbons (Fsp3) is 0.800. The fourth-order valence-electron chi connectivity index (χ4n) is 1.69. The topological polar surface area (TPSA) is 44.1 Å². The summed E-state index contributed by atoms with van der Waals surface area (Å²) in [7, 11) is 0. The Morgan fingerprint density at radius 3 is 2.86 bits per heavy atom. The smallest absolute Gasteiger partial charge is 0.259 e. The Hall–Kier alpha value is -1.11. The predicted octanol–water partition coefficient (Wildman–Crippen LogP) is 1.50. The summed E-state index contributed by atoms with van der Waals surface area (Å²) in [5, 5.41) is 8.48. The van der Waals surface area contributed by atoms with Gasteiger partial charge in [-0.1, -0.05) is 0 Å². The van der Waals surface area contributed by atoms with Crippen LogP contribution >= 0.6 is 0 Å². The Labute approximate surface area is 83.5 Å². The molecule has 3 nitrogen and oxygen atoms in total. The Bertz CT molecular complexity index is 264. The monoisotopic (exact) mass is 198 g/mol. The average molecular weight is 198 g/mol. The number of nitrogens with zero attached hydrogens (tertiary/aromatic N) is 2. The molecule has 1 atom stereocenters. The molecule has 1 fully saturated rings. The third-order valence-electron chi connectivity index (χ3n) is 2.46. The molecule has 0 bridgehead atoms. The molecule has 0 radical (unpaired) electrons. The highest BCUT2D eigenvalue weighted by atomic mass is 19.1. The van der Waals surface area contributed by atoms with Crippen LogP contribution in [-0.4, -0.2) is 29.6 Å². The van der Waals surface area contributed by atoms with Crippen molar-refractivity contribution >= 4 is 5.91 Å². The first kappa shape index (κ1) is 11.0. The molecule has 0 saturated carbocycles. The first-order valence-corrected chi connectivity index (χ1v) is 4.80. The molecule has 4 heteroatoms. The van der Waals surface area contributed by atoms with E-state index in [2.05, 4.69) is 6.07 Å². The van der Waals surface area contributed by atoms with E-state index in [0.29, 0.717) is 19.5 Å². The summed E-state index contributed by atoms with van der Waals surface area (Å²) in [4.78, 5) is 13.0. The Morgan fingerprint density at radius 2 is 2.36 bits per heavy atom. The molecule has 0 N–H and O–H groups in total. The molecule has 1 aliphatic rings. The molecular formula is C10H15FN2O. The SMILES string of the molecule is CC(C)(F)C(=O)N1CCC(CC#N)C1. The largest absolute Gasteiger partial charge is 0.340 e. The molecule has 1 heterocycles. The Kier molecular flexibility index (Phi) is 3.10. The predicted molar refractivity (Wildman–Crippen MR) is 50.1 cm³/mol. The molecule has 0 spiro atoms. The highest BCUT2D eigenvalue weighted by Gasteiger charge is 2.35. The van der Waals surface area contributed by atoms with Gasteiger partial charge in [-0.25, -0.2) is 4.39 Å². The van der Waals surface area contributed by atoms with Gasteiger partial charge in [0.15, 0.2) is 5.67 Å². The summed E-state index contributed by atoms with van der Waals surface area (Å²) in [6, 6.07) is 2.08. The summed E-state index contributed by atoms with van der Waals surface area (Å²) in [5.41, 5.74) is -1.79.